The Labute approximate surface area is 150 Å². The number of rotatable bonds is 8. The number of halogens is 1. The zero-order valence-electron chi connectivity index (χ0n) is 14.2. The molecule has 0 radical (unpaired) electrons. The minimum absolute atomic E-state index is 0.00234. The number of benzene rings is 1. The van der Waals surface area contributed by atoms with Gasteiger partial charge in [0, 0.05) is 13.2 Å². The van der Waals surface area contributed by atoms with Gasteiger partial charge in [-0.25, -0.2) is 0 Å². The van der Waals surface area contributed by atoms with Gasteiger partial charge in [0.2, 0.25) is 0 Å². The number of hydrogen-bond acceptors (Lipinski definition) is 5. The van der Waals surface area contributed by atoms with Crippen LogP contribution in [0, 0.1) is 11.3 Å². The highest BCUT2D eigenvalue weighted by molar-refractivity contribution is 9.10. The molecule has 7 heteroatoms. The van der Waals surface area contributed by atoms with Gasteiger partial charge in [0.05, 0.1) is 24.8 Å². The number of hydrogen-bond donors (Lipinski definition) is 1. The average molecular weight is 397 g/mol. The second-order valence-corrected chi connectivity index (χ2v) is 5.82. The summed E-state index contributed by atoms with van der Waals surface area (Å²) >= 11 is 3.40. The molecule has 0 aliphatic carbocycles. The first kappa shape index (κ1) is 20.0. The van der Waals surface area contributed by atoms with Gasteiger partial charge in [0.15, 0.2) is 11.5 Å². The molecular formula is C17H21BrN2O4. The summed E-state index contributed by atoms with van der Waals surface area (Å²) < 4.78 is 16.5. The minimum Gasteiger partial charge on any atom is -0.492 e. The van der Waals surface area contributed by atoms with Gasteiger partial charge in [-0.15, -0.1) is 0 Å². The number of nitrogens with zero attached hydrogens (tertiary/aromatic N) is 1. The Balaban J connectivity index is 3.12. The number of methoxy groups -OCH3 is 2. The zero-order valence-corrected chi connectivity index (χ0v) is 15.8. The molecule has 0 unspecified atom stereocenters. The molecule has 1 atom stereocenters. The van der Waals surface area contributed by atoms with Crippen molar-refractivity contribution in [1.82, 2.24) is 5.32 Å². The average Bonchev–Trinajstić information content (AvgIpc) is 2.52. The SMILES string of the molecule is CCOc1cc(/C=C(\C#N)C(=O)N[C@H](C)COC)cc(Br)c1OC. The second kappa shape index (κ2) is 9.96. The maximum atomic E-state index is 12.2. The summed E-state index contributed by atoms with van der Waals surface area (Å²) in [5.41, 5.74) is 0.648. The molecule has 0 saturated carbocycles. The minimum atomic E-state index is -0.452. The van der Waals surface area contributed by atoms with Crippen LogP contribution in [0.25, 0.3) is 6.08 Å². The fourth-order valence-corrected chi connectivity index (χ4v) is 2.66. The molecule has 0 aliphatic heterocycles. The third-order valence-corrected chi connectivity index (χ3v) is 3.60. The van der Waals surface area contributed by atoms with Crippen molar-refractivity contribution in [1.29, 1.82) is 5.26 Å². The van der Waals surface area contributed by atoms with Crippen molar-refractivity contribution < 1.29 is 19.0 Å². The van der Waals surface area contributed by atoms with Gasteiger partial charge in [-0.2, -0.15) is 5.26 Å². The van der Waals surface area contributed by atoms with E-state index in [1.165, 1.54) is 6.08 Å². The van der Waals surface area contributed by atoms with Crippen LogP contribution in [0.2, 0.25) is 0 Å². The molecule has 6 nitrogen and oxygen atoms in total. The van der Waals surface area contributed by atoms with Gasteiger partial charge >= 0.3 is 0 Å². The molecule has 130 valence electrons. The van der Waals surface area contributed by atoms with Crippen molar-refractivity contribution in [3.63, 3.8) is 0 Å². The molecule has 0 spiro atoms. The van der Waals surface area contributed by atoms with Crippen LogP contribution in [0.1, 0.15) is 19.4 Å². The number of carbonyl (C=O) groups excluding carboxylic acids is 1. The van der Waals surface area contributed by atoms with Gasteiger partial charge in [-0.3, -0.25) is 4.79 Å². The number of amides is 1. The maximum absolute atomic E-state index is 12.2. The van der Waals surface area contributed by atoms with Crippen molar-refractivity contribution in [2.24, 2.45) is 0 Å². The molecule has 1 aromatic carbocycles. The van der Waals surface area contributed by atoms with Crippen LogP contribution < -0.4 is 14.8 Å². The van der Waals surface area contributed by atoms with Crippen LogP contribution >= 0.6 is 15.9 Å². The van der Waals surface area contributed by atoms with E-state index in [1.807, 2.05) is 13.0 Å². The lowest BCUT2D eigenvalue weighted by Crippen LogP contribution is -2.36. The fourth-order valence-electron chi connectivity index (χ4n) is 2.04. The summed E-state index contributed by atoms with van der Waals surface area (Å²) in [7, 11) is 3.09. The van der Waals surface area contributed by atoms with Crippen molar-refractivity contribution in [3.8, 4) is 17.6 Å². The number of carbonyl (C=O) groups is 1. The summed E-state index contributed by atoms with van der Waals surface area (Å²) in [6.45, 7) is 4.50. The van der Waals surface area contributed by atoms with Crippen molar-refractivity contribution in [2.45, 2.75) is 19.9 Å². The third-order valence-electron chi connectivity index (χ3n) is 3.01. The Hall–Kier alpha value is -2.04. The molecular weight excluding hydrogens is 376 g/mol. The van der Waals surface area contributed by atoms with Crippen LogP contribution in [0.3, 0.4) is 0 Å². The molecule has 1 aromatic rings. The Bertz CT molecular complexity index is 653. The van der Waals surface area contributed by atoms with Gasteiger partial charge < -0.3 is 19.5 Å². The van der Waals surface area contributed by atoms with E-state index in [1.54, 1.807) is 33.3 Å². The summed E-state index contributed by atoms with van der Waals surface area (Å²) in [5.74, 6) is 0.642. The van der Waals surface area contributed by atoms with E-state index >= 15 is 0 Å². The molecule has 0 heterocycles. The summed E-state index contributed by atoms with van der Waals surface area (Å²) in [5, 5.41) is 12.0. The van der Waals surface area contributed by atoms with Crippen molar-refractivity contribution in [3.05, 3.63) is 27.7 Å². The van der Waals surface area contributed by atoms with Crippen LogP contribution in [0.15, 0.2) is 22.2 Å². The van der Waals surface area contributed by atoms with Gasteiger partial charge in [0.25, 0.3) is 5.91 Å². The monoisotopic (exact) mass is 396 g/mol. The predicted molar refractivity (Wildman–Crippen MR) is 94.9 cm³/mol. The van der Waals surface area contributed by atoms with E-state index in [2.05, 4.69) is 21.2 Å². The van der Waals surface area contributed by atoms with Crippen molar-refractivity contribution >= 4 is 27.9 Å². The molecule has 0 fully saturated rings. The summed E-state index contributed by atoms with van der Waals surface area (Å²) in [6, 6.07) is 5.20. The maximum Gasteiger partial charge on any atom is 0.262 e. The Morgan fingerprint density at radius 1 is 1.46 bits per heavy atom. The summed E-state index contributed by atoms with van der Waals surface area (Å²) in [6.07, 6.45) is 1.50. The highest BCUT2D eigenvalue weighted by Crippen LogP contribution is 2.37. The molecule has 0 aromatic heterocycles. The Morgan fingerprint density at radius 3 is 2.71 bits per heavy atom. The normalized spacial score (nSPS) is 12.2. The first-order chi connectivity index (χ1) is 11.5. The standard InChI is InChI=1S/C17H21BrN2O4/c1-5-24-15-8-12(7-14(18)16(15)23-4)6-13(9-19)17(21)20-11(2)10-22-3/h6-8,11H,5,10H2,1-4H3,(H,20,21)/b13-6+/t11-/m1/s1. The number of ether oxygens (including phenoxy) is 3. The molecule has 0 aliphatic rings. The van der Waals surface area contributed by atoms with Crippen LogP contribution in [-0.4, -0.2) is 39.4 Å². The lowest BCUT2D eigenvalue weighted by Gasteiger charge is -2.13. The largest absolute Gasteiger partial charge is 0.492 e. The van der Waals surface area contributed by atoms with E-state index < -0.39 is 5.91 Å². The lowest BCUT2D eigenvalue weighted by molar-refractivity contribution is -0.117. The van der Waals surface area contributed by atoms with Crippen molar-refractivity contribution in [2.75, 3.05) is 27.4 Å². The zero-order chi connectivity index (χ0) is 18.1. The predicted octanol–water partition coefficient (Wildman–Crippen LogP) is 2.91. The molecule has 0 saturated heterocycles. The number of nitrogens with one attached hydrogen (secondary N) is 1. The quantitative estimate of drug-likeness (QED) is 0.539. The van der Waals surface area contributed by atoms with E-state index in [-0.39, 0.29) is 11.6 Å². The van der Waals surface area contributed by atoms with Gasteiger partial charge in [-0.1, -0.05) is 0 Å². The molecule has 1 N–H and O–H groups in total. The topological polar surface area (TPSA) is 80.6 Å². The van der Waals surface area contributed by atoms with Crippen LogP contribution in [0.4, 0.5) is 0 Å². The molecule has 1 rings (SSSR count). The van der Waals surface area contributed by atoms with Gasteiger partial charge in [-0.05, 0) is 53.5 Å². The first-order valence-electron chi connectivity index (χ1n) is 7.38. The van der Waals surface area contributed by atoms with E-state index in [0.717, 1.165) is 0 Å². The Morgan fingerprint density at radius 2 is 2.17 bits per heavy atom. The van der Waals surface area contributed by atoms with Crippen LogP contribution in [-0.2, 0) is 9.53 Å². The summed E-state index contributed by atoms with van der Waals surface area (Å²) in [4.78, 5) is 12.2. The smallest absolute Gasteiger partial charge is 0.262 e. The lowest BCUT2D eigenvalue weighted by atomic mass is 10.1. The highest BCUT2D eigenvalue weighted by atomic mass is 79.9. The fraction of sp³-hybridized carbons (Fsp3) is 0.412. The van der Waals surface area contributed by atoms with Gasteiger partial charge in [0.1, 0.15) is 11.6 Å². The van der Waals surface area contributed by atoms with E-state index in [0.29, 0.717) is 34.7 Å². The first-order valence-corrected chi connectivity index (χ1v) is 8.18. The third kappa shape index (κ3) is 5.55. The highest BCUT2D eigenvalue weighted by Gasteiger charge is 2.15. The number of nitriles is 1. The molecule has 24 heavy (non-hydrogen) atoms. The second-order valence-electron chi connectivity index (χ2n) is 4.97. The van der Waals surface area contributed by atoms with E-state index in [9.17, 15) is 10.1 Å². The van der Waals surface area contributed by atoms with Crippen LogP contribution in [0.5, 0.6) is 11.5 Å². The molecule has 0 bridgehead atoms. The Kier molecular flexibility index (Phi) is 8.30. The molecule has 1 amide bonds. The van der Waals surface area contributed by atoms with E-state index in [4.69, 9.17) is 14.2 Å².